The molecule has 0 amide bonds. The second-order valence-electron chi connectivity index (χ2n) is 5.34. The topological polar surface area (TPSA) is 20.2 Å². The van der Waals surface area contributed by atoms with E-state index in [0.29, 0.717) is 0 Å². The first-order valence-electron chi connectivity index (χ1n) is 7.46. The monoisotopic (exact) mass is 249 g/mol. The van der Waals surface area contributed by atoms with E-state index in [2.05, 4.69) is 40.2 Å². The number of hydrogen-bond acceptors (Lipinski definition) is 2. The van der Waals surface area contributed by atoms with Gasteiger partial charge in [0.2, 0.25) is 0 Å². The van der Waals surface area contributed by atoms with Crippen LogP contribution in [0.15, 0.2) is 18.5 Å². The van der Waals surface area contributed by atoms with Crippen LogP contribution in [0, 0.1) is 0 Å². The van der Waals surface area contributed by atoms with Crippen LogP contribution in [0.3, 0.4) is 0 Å². The Labute approximate surface area is 111 Å². The number of piperidine rings is 1. The van der Waals surface area contributed by atoms with E-state index < -0.39 is 0 Å². The Balaban J connectivity index is 1.59. The van der Waals surface area contributed by atoms with Gasteiger partial charge in [0.25, 0.3) is 0 Å². The average Bonchev–Trinajstić information content (AvgIpc) is 2.84. The van der Waals surface area contributed by atoms with Crippen molar-refractivity contribution in [1.82, 2.24) is 14.8 Å². The van der Waals surface area contributed by atoms with Gasteiger partial charge in [0.15, 0.2) is 0 Å². The smallest absolute Gasteiger partial charge is 0.0221 e. The highest BCUT2D eigenvalue weighted by molar-refractivity contribution is 5.09. The minimum absolute atomic E-state index is 1.00. The van der Waals surface area contributed by atoms with Gasteiger partial charge in [0, 0.05) is 38.6 Å². The van der Waals surface area contributed by atoms with Crippen LogP contribution >= 0.6 is 0 Å². The van der Waals surface area contributed by atoms with Crippen LogP contribution < -0.4 is 5.32 Å². The maximum absolute atomic E-state index is 3.55. The van der Waals surface area contributed by atoms with E-state index in [9.17, 15) is 0 Å². The highest BCUT2D eigenvalue weighted by Gasteiger charge is 2.08. The van der Waals surface area contributed by atoms with E-state index in [1.54, 1.807) is 0 Å². The molecule has 0 radical (unpaired) electrons. The van der Waals surface area contributed by atoms with Crippen LogP contribution in [0.2, 0.25) is 0 Å². The second kappa shape index (κ2) is 7.59. The molecule has 0 aromatic carbocycles. The third kappa shape index (κ3) is 4.46. The van der Waals surface area contributed by atoms with Crippen LogP contribution in [-0.4, -0.2) is 35.6 Å². The number of aryl methyl sites for hydroxylation is 1. The molecule has 1 saturated heterocycles. The molecule has 2 heterocycles. The molecule has 1 aromatic rings. The zero-order valence-corrected chi connectivity index (χ0v) is 11.7. The van der Waals surface area contributed by atoms with E-state index in [4.69, 9.17) is 0 Å². The molecular formula is C15H27N3. The van der Waals surface area contributed by atoms with E-state index >= 15 is 0 Å². The van der Waals surface area contributed by atoms with Crippen molar-refractivity contribution in [3.05, 3.63) is 24.0 Å². The Morgan fingerprint density at radius 1 is 1.17 bits per heavy atom. The van der Waals surface area contributed by atoms with E-state index in [0.717, 1.165) is 19.6 Å². The molecule has 1 N–H and O–H groups in total. The zero-order chi connectivity index (χ0) is 12.6. The third-order valence-corrected chi connectivity index (χ3v) is 3.68. The lowest BCUT2D eigenvalue weighted by molar-refractivity contribution is 0.229. The van der Waals surface area contributed by atoms with Gasteiger partial charge in [-0.2, -0.15) is 0 Å². The normalized spacial score (nSPS) is 17.2. The molecule has 0 bridgehead atoms. The molecular weight excluding hydrogens is 222 g/mol. The fourth-order valence-electron chi connectivity index (χ4n) is 2.65. The molecule has 0 atom stereocenters. The standard InChI is InChI=1S/C15H27N3/c1-2-8-18-11-6-15(14-18)13-16-7-12-17-9-4-3-5-10-17/h6,11,14,16H,2-5,7-10,12-13H2,1H3. The predicted molar refractivity (Wildman–Crippen MR) is 76.7 cm³/mol. The van der Waals surface area contributed by atoms with Gasteiger partial charge in [-0.15, -0.1) is 0 Å². The number of hydrogen-bond donors (Lipinski definition) is 1. The molecule has 0 spiro atoms. The van der Waals surface area contributed by atoms with E-state index in [-0.39, 0.29) is 0 Å². The summed E-state index contributed by atoms with van der Waals surface area (Å²) in [6.07, 6.45) is 9.85. The van der Waals surface area contributed by atoms with Crippen molar-refractivity contribution in [2.24, 2.45) is 0 Å². The first-order valence-corrected chi connectivity index (χ1v) is 7.46. The maximum Gasteiger partial charge on any atom is 0.0221 e. The lowest BCUT2D eigenvalue weighted by atomic mass is 10.1. The molecule has 1 aromatic heterocycles. The molecule has 0 unspecified atom stereocenters. The molecule has 3 nitrogen and oxygen atoms in total. The molecule has 1 fully saturated rings. The molecule has 102 valence electrons. The Kier molecular flexibility index (Phi) is 5.75. The Bertz CT molecular complexity index is 326. The van der Waals surface area contributed by atoms with Crippen LogP contribution in [0.25, 0.3) is 0 Å². The number of nitrogens with zero attached hydrogens (tertiary/aromatic N) is 2. The lowest BCUT2D eigenvalue weighted by Gasteiger charge is -2.26. The van der Waals surface area contributed by atoms with Gasteiger partial charge in [-0.1, -0.05) is 13.3 Å². The summed E-state index contributed by atoms with van der Waals surface area (Å²) in [5, 5.41) is 3.55. The van der Waals surface area contributed by atoms with Crippen molar-refractivity contribution in [1.29, 1.82) is 0 Å². The fraction of sp³-hybridized carbons (Fsp3) is 0.733. The van der Waals surface area contributed by atoms with Crippen LogP contribution in [0.1, 0.15) is 38.2 Å². The van der Waals surface area contributed by atoms with E-state index in [1.807, 2.05) is 0 Å². The van der Waals surface area contributed by atoms with Gasteiger partial charge in [-0.05, 0) is 44.0 Å². The van der Waals surface area contributed by atoms with Crippen LogP contribution in [0.4, 0.5) is 0 Å². The first-order chi connectivity index (χ1) is 8.88. The van der Waals surface area contributed by atoms with Gasteiger partial charge in [0.1, 0.15) is 0 Å². The third-order valence-electron chi connectivity index (χ3n) is 3.68. The lowest BCUT2D eigenvalue weighted by Crippen LogP contribution is -2.35. The highest BCUT2D eigenvalue weighted by atomic mass is 15.1. The summed E-state index contributed by atoms with van der Waals surface area (Å²) in [5.41, 5.74) is 1.40. The summed E-state index contributed by atoms with van der Waals surface area (Å²) in [6, 6.07) is 2.23. The minimum Gasteiger partial charge on any atom is -0.354 e. The Morgan fingerprint density at radius 2 is 2.00 bits per heavy atom. The summed E-state index contributed by atoms with van der Waals surface area (Å²) >= 11 is 0. The van der Waals surface area contributed by atoms with Crippen LogP contribution in [0.5, 0.6) is 0 Å². The van der Waals surface area contributed by atoms with Crippen molar-refractivity contribution >= 4 is 0 Å². The van der Waals surface area contributed by atoms with Crippen molar-refractivity contribution in [2.75, 3.05) is 26.2 Å². The van der Waals surface area contributed by atoms with Gasteiger partial charge < -0.3 is 14.8 Å². The van der Waals surface area contributed by atoms with Crippen molar-refractivity contribution < 1.29 is 0 Å². The van der Waals surface area contributed by atoms with Gasteiger partial charge in [-0.25, -0.2) is 0 Å². The number of likely N-dealkylation sites (tertiary alicyclic amines) is 1. The van der Waals surface area contributed by atoms with Gasteiger partial charge >= 0.3 is 0 Å². The first kappa shape index (κ1) is 13.6. The summed E-state index contributed by atoms with van der Waals surface area (Å²) in [5.74, 6) is 0. The summed E-state index contributed by atoms with van der Waals surface area (Å²) in [7, 11) is 0. The van der Waals surface area contributed by atoms with E-state index in [1.165, 1.54) is 50.9 Å². The maximum atomic E-state index is 3.55. The second-order valence-corrected chi connectivity index (χ2v) is 5.34. The zero-order valence-electron chi connectivity index (χ0n) is 11.7. The highest BCUT2D eigenvalue weighted by Crippen LogP contribution is 2.07. The summed E-state index contributed by atoms with van der Waals surface area (Å²) in [6.45, 7) is 9.27. The SMILES string of the molecule is CCCn1ccc(CNCCN2CCCCC2)c1. The molecule has 1 aliphatic rings. The fourth-order valence-corrected chi connectivity index (χ4v) is 2.65. The van der Waals surface area contributed by atoms with Crippen LogP contribution in [-0.2, 0) is 13.1 Å². The van der Waals surface area contributed by atoms with Crippen molar-refractivity contribution in [2.45, 2.75) is 45.7 Å². The molecule has 18 heavy (non-hydrogen) atoms. The quantitative estimate of drug-likeness (QED) is 0.749. The van der Waals surface area contributed by atoms with Gasteiger partial charge in [-0.3, -0.25) is 0 Å². The molecule has 0 saturated carbocycles. The van der Waals surface area contributed by atoms with Crippen molar-refractivity contribution in [3.63, 3.8) is 0 Å². The number of rotatable bonds is 7. The summed E-state index contributed by atoms with van der Waals surface area (Å²) < 4.78 is 2.28. The average molecular weight is 249 g/mol. The Morgan fingerprint density at radius 3 is 2.78 bits per heavy atom. The summed E-state index contributed by atoms with van der Waals surface area (Å²) in [4.78, 5) is 2.58. The molecule has 0 aliphatic carbocycles. The predicted octanol–water partition coefficient (Wildman–Crippen LogP) is 2.47. The number of nitrogens with one attached hydrogen (secondary N) is 1. The number of aromatic nitrogens is 1. The largest absolute Gasteiger partial charge is 0.354 e. The van der Waals surface area contributed by atoms with Crippen molar-refractivity contribution in [3.8, 4) is 0 Å². The minimum atomic E-state index is 1.00. The molecule has 1 aliphatic heterocycles. The molecule has 3 heteroatoms. The Hall–Kier alpha value is -0.800. The van der Waals surface area contributed by atoms with Gasteiger partial charge in [0.05, 0.1) is 0 Å². The molecule has 2 rings (SSSR count).